The minimum absolute atomic E-state index is 0.0266. The van der Waals surface area contributed by atoms with E-state index in [1.54, 1.807) is 16.2 Å². The molecule has 6 nitrogen and oxygen atoms in total. The number of hydrogen-bond donors (Lipinski definition) is 1. The van der Waals surface area contributed by atoms with E-state index < -0.39 is 0 Å². The molecule has 0 spiro atoms. The van der Waals surface area contributed by atoms with Gasteiger partial charge in [0.25, 0.3) is 0 Å². The molecule has 1 fully saturated rings. The predicted molar refractivity (Wildman–Crippen MR) is 128 cm³/mol. The number of rotatable bonds is 8. The number of ether oxygens (including phenoxy) is 1. The summed E-state index contributed by atoms with van der Waals surface area (Å²) in [4.78, 5) is 30.9. The molecule has 0 radical (unpaired) electrons. The first-order valence-corrected chi connectivity index (χ1v) is 12.5. The molecule has 1 N–H and O–H groups in total. The summed E-state index contributed by atoms with van der Waals surface area (Å²) in [6.45, 7) is 5.69. The van der Waals surface area contributed by atoms with Crippen LogP contribution < -0.4 is 10.1 Å². The van der Waals surface area contributed by atoms with Crippen molar-refractivity contribution in [3.8, 4) is 5.75 Å². The van der Waals surface area contributed by atoms with E-state index >= 15 is 0 Å². The molecule has 1 aromatic carbocycles. The van der Waals surface area contributed by atoms with E-state index in [1.807, 2.05) is 36.9 Å². The van der Waals surface area contributed by atoms with Crippen LogP contribution in [-0.4, -0.2) is 54.0 Å². The van der Waals surface area contributed by atoms with Gasteiger partial charge in [-0.2, -0.15) is 0 Å². The minimum Gasteiger partial charge on any atom is -0.491 e. The molecule has 1 aromatic heterocycles. The maximum Gasteiger partial charge on any atom is 0.318 e. The third kappa shape index (κ3) is 5.21. The molecule has 1 saturated carbocycles. The first kappa shape index (κ1) is 22.9. The smallest absolute Gasteiger partial charge is 0.318 e. The third-order valence-corrected chi connectivity index (χ3v) is 7.45. The van der Waals surface area contributed by atoms with Crippen LogP contribution in [0.15, 0.2) is 29.6 Å². The lowest BCUT2D eigenvalue weighted by Gasteiger charge is -2.37. The largest absolute Gasteiger partial charge is 0.491 e. The van der Waals surface area contributed by atoms with Crippen molar-refractivity contribution in [3.63, 3.8) is 0 Å². The van der Waals surface area contributed by atoms with Gasteiger partial charge < -0.3 is 19.9 Å². The highest BCUT2D eigenvalue weighted by molar-refractivity contribution is 7.10. The summed E-state index contributed by atoms with van der Waals surface area (Å²) < 4.78 is 6.11. The summed E-state index contributed by atoms with van der Waals surface area (Å²) in [5.74, 6) is 0.710. The number of nitrogens with one attached hydrogen (secondary N) is 1. The molecule has 0 bridgehead atoms. The van der Waals surface area contributed by atoms with Crippen molar-refractivity contribution < 1.29 is 14.3 Å². The molecular weight excluding hydrogens is 446 g/mol. The molecular formula is C24H30ClN3O3S. The molecule has 2 aromatic rings. The number of amides is 3. The normalized spacial score (nSPS) is 17.6. The second kappa shape index (κ2) is 10.1. The van der Waals surface area contributed by atoms with Gasteiger partial charge in [-0.3, -0.25) is 4.79 Å². The lowest BCUT2D eigenvalue weighted by Crippen LogP contribution is -2.50. The van der Waals surface area contributed by atoms with Gasteiger partial charge >= 0.3 is 6.03 Å². The Morgan fingerprint density at radius 1 is 1.31 bits per heavy atom. The van der Waals surface area contributed by atoms with Crippen molar-refractivity contribution in [3.05, 3.63) is 50.7 Å². The fourth-order valence-corrected chi connectivity index (χ4v) is 5.13. The van der Waals surface area contributed by atoms with E-state index in [2.05, 4.69) is 16.8 Å². The quantitative estimate of drug-likeness (QED) is 0.596. The Hall–Kier alpha value is -2.25. The Balaban J connectivity index is 1.48. The lowest BCUT2D eigenvalue weighted by atomic mass is 10.0. The van der Waals surface area contributed by atoms with Gasteiger partial charge in [0.05, 0.1) is 6.04 Å². The number of carbonyl (C=O) groups is 2. The standard InChI is InChI=1S/C24H30ClN3O3S/c1-3-10-26-24(30)28(17-4-5-17)14-23(29)27-11-8-22-19(9-12-32-22)21(27)15-31-18-6-7-20(25)16(2)13-18/h6-7,9,12-13,17,21H,3-5,8,10-11,14-15H2,1-2H3,(H,26,30)/t21-/m1/s1. The molecule has 1 aliphatic heterocycles. The van der Waals surface area contributed by atoms with Crippen LogP contribution in [0.25, 0.3) is 0 Å². The number of halogens is 1. The van der Waals surface area contributed by atoms with Crippen LogP contribution in [0.2, 0.25) is 5.02 Å². The molecule has 0 unspecified atom stereocenters. The number of fused-ring (bicyclic) bond motifs is 1. The SMILES string of the molecule is CCCNC(=O)N(CC(=O)N1CCc2sccc2[C@H]1COc1ccc(Cl)c(C)c1)C1CC1. The summed E-state index contributed by atoms with van der Waals surface area (Å²) >= 11 is 7.86. The fraction of sp³-hybridized carbons (Fsp3) is 0.500. The first-order valence-electron chi connectivity index (χ1n) is 11.3. The summed E-state index contributed by atoms with van der Waals surface area (Å²) in [6, 6.07) is 7.55. The van der Waals surface area contributed by atoms with Gasteiger partial charge in [-0.15, -0.1) is 11.3 Å². The van der Waals surface area contributed by atoms with Gasteiger partial charge in [-0.1, -0.05) is 18.5 Å². The van der Waals surface area contributed by atoms with Gasteiger partial charge in [0.2, 0.25) is 5.91 Å². The van der Waals surface area contributed by atoms with Crippen molar-refractivity contribution in [1.29, 1.82) is 0 Å². The molecule has 2 heterocycles. The Bertz CT molecular complexity index is 975. The van der Waals surface area contributed by atoms with E-state index in [9.17, 15) is 9.59 Å². The second-order valence-corrected chi connectivity index (χ2v) is 9.87. The van der Waals surface area contributed by atoms with Gasteiger partial charge in [-0.05, 0) is 73.4 Å². The zero-order valence-electron chi connectivity index (χ0n) is 18.6. The number of hydrogen-bond acceptors (Lipinski definition) is 4. The molecule has 1 atom stereocenters. The number of nitrogens with zero attached hydrogens (tertiary/aromatic N) is 2. The van der Waals surface area contributed by atoms with Crippen LogP contribution in [0.5, 0.6) is 5.75 Å². The summed E-state index contributed by atoms with van der Waals surface area (Å²) in [6.07, 6.45) is 3.63. The van der Waals surface area contributed by atoms with Crippen LogP contribution in [0.1, 0.15) is 48.2 Å². The van der Waals surface area contributed by atoms with Gasteiger partial charge in [0, 0.05) is 29.0 Å². The monoisotopic (exact) mass is 475 g/mol. The zero-order chi connectivity index (χ0) is 22.7. The Kier molecular flexibility index (Phi) is 7.26. The van der Waals surface area contributed by atoms with Crippen LogP contribution in [0.4, 0.5) is 4.79 Å². The average molecular weight is 476 g/mol. The van der Waals surface area contributed by atoms with Crippen molar-refractivity contribution in [2.24, 2.45) is 0 Å². The first-order chi connectivity index (χ1) is 15.5. The van der Waals surface area contributed by atoms with Crippen LogP contribution >= 0.6 is 22.9 Å². The Morgan fingerprint density at radius 3 is 2.84 bits per heavy atom. The summed E-state index contributed by atoms with van der Waals surface area (Å²) in [5.41, 5.74) is 2.10. The number of carbonyl (C=O) groups excluding carboxylic acids is 2. The van der Waals surface area contributed by atoms with E-state index in [0.717, 1.165) is 42.6 Å². The minimum atomic E-state index is -0.173. The van der Waals surface area contributed by atoms with Gasteiger partial charge in [-0.25, -0.2) is 4.79 Å². The van der Waals surface area contributed by atoms with Crippen molar-refractivity contribution >= 4 is 34.9 Å². The molecule has 2 aliphatic rings. The van der Waals surface area contributed by atoms with Gasteiger partial charge in [0.1, 0.15) is 18.9 Å². The average Bonchev–Trinajstić information content (AvgIpc) is 3.51. The topological polar surface area (TPSA) is 61.9 Å². The zero-order valence-corrected chi connectivity index (χ0v) is 20.2. The summed E-state index contributed by atoms with van der Waals surface area (Å²) in [5, 5.41) is 5.70. The van der Waals surface area contributed by atoms with Crippen molar-refractivity contribution in [1.82, 2.24) is 15.1 Å². The molecule has 172 valence electrons. The summed E-state index contributed by atoms with van der Waals surface area (Å²) in [7, 11) is 0. The van der Waals surface area contributed by atoms with Crippen molar-refractivity contribution in [2.75, 3.05) is 26.2 Å². The van der Waals surface area contributed by atoms with Crippen molar-refractivity contribution in [2.45, 2.75) is 51.6 Å². The molecule has 3 amide bonds. The third-order valence-electron chi connectivity index (χ3n) is 6.03. The van der Waals surface area contributed by atoms with Gasteiger partial charge in [0.15, 0.2) is 0 Å². The highest BCUT2D eigenvalue weighted by Crippen LogP contribution is 2.35. The Morgan fingerprint density at radius 2 is 2.12 bits per heavy atom. The van der Waals surface area contributed by atoms with Crippen LogP contribution in [-0.2, 0) is 11.2 Å². The fourth-order valence-electron chi connectivity index (χ4n) is 4.08. The van der Waals surface area contributed by atoms with E-state index in [1.165, 1.54) is 4.88 Å². The molecule has 8 heteroatoms. The maximum atomic E-state index is 13.4. The highest BCUT2D eigenvalue weighted by Gasteiger charge is 2.37. The van der Waals surface area contributed by atoms with Crippen LogP contribution in [0, 0.1) is 6.92 Å². The highest BCUT2D eigenvalue weighted by atomic mass is 35.5. The number of benzene rings is 1. The number of aryl methyl sites for hydroxylation is 1. The molecule has 1 aliphatic carbocycles. The Labute approximate surface area is 198 Å². The number of urea groups is 1. The van der Waals surface area contributed by atoms with Crippen LogP contribution in [0.3, 0.4) is 0 Å². The molecule has 0 saturated heterocycles. The maximum absolute atomic E-state index is 13.4. The van der Waals surface area contributed by atoms with E-state index in [4.69, 9.17) is 16.3 Å². The van der Waals surface area contributed by atoms with E-state index in [0.29, 0.717) is 24.7 Å². The molecule has 32 heavy (non-hydrogen) atoms. The lowest BCUT2D eigenvalue weighted by molar-refractivity contribution is -0.135. The predicted octanol–water partition coefficient (Wildman–Crippen LogP) is 4.80. The van der Waals surface area contributed by atoms with E-state index in [-0.39, 0.29) is 30.6 Å². The molecule has 4 rings (SSSR count). The second-order valence-electron chi connectivity index (χ2n) is 8.47. The number of thiophene rings is 1.